The number of ether oxygens (including phenoxy) is 4. The highest BCUT2D eigenvalue weighted by Crippen LogP contribution is 2.32. The summed E-state index contributed by atoms with van der Waals surface area (Å²) in [6.07, 6.45) is 0.495. The maximum atomic E-state index is 13.0. The molecule has 3 aromatic rings. The fourth-order valence-electron chi connectivity index (χ4n) is 4.44. The van der Waals surface area contributed by atoms with Crippen LogP contribution in [0.5, 0.6) is 17.2 Å². The fraction of sp³-hybridized carbons (Fsp3) is 0.333. The molecule has 0 radical (unpaired) electrons. The minimum absolute atomic E-state index is 0.198. The highest BCUT2D eigenvalue weighted by atomic mass is 16.5. The third-order valence-corrected chi connectivity index (χ3v) is 6.19. The van der Waals surface area contributed by atoms with E-state index in [9.17, 15) is 9.59 Å². The van der Waals surface area contributed by atoms with Crippen LogP contribution in [0.1, 0.15) is 27.2 Å². The Bertz CT molecular complexity index is 1240. The van der Waals surface area contributed by atoms with Crippen molar-refractivity contribution in [2.45, 2.75) is 26.1 Å². The van der Waals surface area contributed by atoms with Gasteiger partial charge in [0.25, 0.3) is 5.56 Å². The van der Waals surface area contributed by atoms with E-state index >= 15 is 0 Å². The van der Waals surface area contributed by atoms with E-state index in [1.807, 2.05) is 48.5 Å². The zero-order valence-corrected chi connectivity index (χ0v) is 20.3. The van der Waals surface area contributed by atoms with Gasteiger partial charge in [0.15, 0.2) is 11.5 Å². The standard InChI is InChI=1S/C27H30N2O6/c1-32-22-11-7-10-20(26(22)33-2)17-28-13-12-21-25(27(31)34-3)23(16-24(30)29(21)15-14-28)35-18-19-8-5-4-6-9-19/h4-11,16H,12-15,17-18H2,1-3H3. The molecule has 1 aliphatic rings. The summed E-state index contributed by atoms with van der Waals surface area (Å²) in [5.74, 6) is 1.10. The van der Waals surface area contributed by atoms with Gasteiger partial charge in [0.05, 0.1) is 21.3 Å². The molecule has 0 saturated carbocycles. The molecule has 1 aliphatic heterocycles. The number of rotatable bonds is 8. The summed E-state index contributed by atoms with van der Waals surface area (Å²) >= 11 is 0. The topological polar surface area (TPSA) is 79.2 Å². The van der Waals surface area contributed by atoms with Gasteiger partial charge in [0, 0.05) is 49.9 Å². The molecular formula is C27H30N2O6. The molecule has 8 heteroatoms. The van der Waals surface area contributed by atoms with Crippen molar-refractivity contribution in [3.63, 3.8) is 0 Å². The van der Waals surface area contributed by atoms with Gasteiger partial charge in [-0.2, -0.15) is 0 Å². The molecule has 0 unspecified atom stereocenters. The van der Waals surface area contributed by atoms with Crippen LogP contribution in [-0.4, -0.2) is 49.9 Å². The molecule has 0 aliphatic carbocycles. The number of fused-ring (bicyclic) bond motifs is 1. The fourth-order valence-corrected chi connectivity index (χ4v) is 4.44. The average Bonchev–Trinajstić information content (AvgIpc) is 3.10. The molecule has 4 rings (SSSR count). The van der Waals surface area contributed by atoms with E-state index in [0.29, 0.717) is 55.4 Å². The van der Waals surface area contributed by atoms with Gasteiger partial charge in [-0.25, -0.2) is 4.79 Å². The Balaban J connectivity index is 1.61. The van der Waals surface area contributed by atoms with Crippen LogP contribution in [-0.2, 0) is 30.9 Å². The lowest BCUT2D eigenvalue weighted by Crippen LogP contribution is -2.29. The van der Waals surface area contributed by atoms with Crippen LogP contribution >= 0.6 is 0 Å². The number of methoxy groups -OCH3 is 3. The van der Waals surface area contributed by atoms with E-state index in [4.69, 9.17) is 18.9 Å². The van der Waals surface area contributed by atoms with Gasteiger partial charge in [0.2, 0.25) is 0 Å². The van der Waals surface area contributed by atoms with Crippen LogP contribution in [0.15, 0.2) is 59.4 Å². The van der Waals surface area contributed by atoms with Crippen molar-refractivity contribution >= 4 is 5.97 Å². The van der Waals surface area contributed by atoms with Crippen molar-refractivity contribution in [1.29, 1.82) is 0 Å². The molecule has 0 N–H and O–H groups in total. The Hall–Kier alpha value is -3.78. The van der Waals surface area contributed by atoms with Gasteiger partial charge < -0.3 is 23.5 Å². The Kier molecular flexibility index (Phi) is 7.72. The second kappa shape index (κ2) is 11.1. The molecule has 0 spiro atoms. The largest absolute Gasteiger partial charge is 0.493 e. The van der Waals surface area contributed by atoms with E-state index in [2.05, 4.69) is 4.90 Å². The van der Waals surface area contributed by atoms with Crippen LogP contribution in [0.2, 0.25) is 0 Å². The molecule has 0 saturated heterocycles. The quantitative estimate of drug-likeness (QED) is 0.460. The predicted molar refractivity (Wildman–Crippen MR) is 131 cm³/mol. The number of benzene rings is 2. The zero-order chi connectivity index (χ0) is 24.8. The first-order valence-electron chi connectivity index (χ1n) is 11.5. The smallest absolute Gasteiger partial charge is 0.343 e. The number of nitrogens with zero attached hydrogens (tertiary/aromatic N) is 2. The molecule has 8 nitrogen and oxygen atoms in total. The van der Waals surface area contributed by atoms with Crippen LogP contribution in [0.4, 0.5) is 0 Å². The summed E-state index contributed by atoms with van der Waals surface area (Å²) < 4.78 is 23.7. The molecular weight excluding hydrogens is 448 g/mol. The summed E-state index contributed by atoms with van der Waals surface area (Å²) in [6, 6.07) is 16.8. The molecule has 2 aromatic carbocycles. The average molecular weight is 479 g/mol. The van der Waals surface area contributed by atoms with Gasteiger partial charge in [-0.1, -0.05) is 42.5 Å². The van der Waals surface area contributed by atoms with E-state index in [-0.39, 0.29) is 17.9 Å². The maximum absolute atomic E-state index is 13.0. The number of hydrogen-bond acceptors (Lipinski definition) is 7. The molecule has 0 amide bonds. The van der Waals surface area contributed by atoms with Gasteiger partial charge >= 0.3 is 5.97 Å². The first-order chi connectivity index (χ1) is 17.0. The van der Waals surface area contributed by atoms with E-state index in [1.54, 1.807) is 18.8 Å². The summed E-state index contributed by atoms with van der Waals surface area (Å²) in [4.78, 5) is 28.1. The maximum Gasteiger partial charge on any atom is 0.343 e. The van der Waals surface area contributed by atoms with Crippen molar-refractivity contribution in [2.24, 2.45) is 0 Å². The summed E-state index contributed by atoms with van der Waals surface area (Å²) in [7, 11) is 4.57. The van der Waals surface area contributed by atoms with E-state index < -0.39 is 5.97 Å². The molecule has 0 atom stereocenters. The van der Waals surface area contributed by atoms with Crippen LogP contribution < -0.4 is 19.8 Å². The number of para-hydroxylation sites is 1. The molecule has 2 heterocycles. The Labute approximate surface area is 204 Å². The van der Waals surface area contributed by atoms with Gasteiger partial charge in [0.1, 0.15) is 17.9 Å². The second-order valence-corrected chi connectivity index (χ2v) is 8.26. The normalized spacial score (nSPS) is 13.5. The summed E-state index contributed by atoms with van der Waals surface area (Å²) in [6.45, 7) is 2.59. The van der Waals surface area contributed by atoms with Crippen LogP contribution in [0.3, 0.4) is 0 Å². The minimum atomic E-state index is -0.514. The van der Waals surface area contributed by atoms with Crippen molar-refractivity contribution in [1.82, 2.24) is 9.47 Å². The van der Waals surface area contributed by atoms with E-state index in [0.717, 1.165) is 11.1 Å². The summed E-state index contributed by atoms with van der Waals surface area (Å²) in [5, 5.41) is 0. The van der Waals surface area contributed by atoms with Crippen LogP contribution in [0.25, 0.3) is 0 Å². The Morgan fingerprint density at radius 1 is 0.914 bits per heavy atom. The number of carbonyl (C=O) groups excluding carboxylic acids is 1. The highest BCUT2D eigenvalue weighted by molar-refractivity contribution is 5.93. The van der Waals surface area contributed by atoms with Gasteiger partial charge in [-0.15, -0.1) is 0 Å². The molecule has 184 valence electrons. The first-order valence-corrected chi connectivity index (χ1v) is 11.5. The lowest BCUT2D eigenvalue weighted by atomic mass is 10.1. The van der Waals surface area contributed by atoms with Crippen LogP contribution in [0, 0.1) is 0 Å². The second-order valence-electron chi connectivity index (χ2n) is 8.26. The number of aromatic nitrogens is 1. The van der Waals surface area contributed by atoms with Gasteiger partial charge in [-0.3, -0.25) is 9.69 Å². The molecule has 0 bridgehead atoms. The van der Waals surface area contributed by atoms with Crippen molar-refractivity contribution in [3.05, 3.63) is 87.3 Å². The van der Waals surface area contributed by atoms with Crippen molar-refractivity contribution in [3.8, 4) is 17.2 Å². The SMILES string of the molecule is COC(=O)c1c(OCc2ccccc2)cc(=O)n2c1CCN(Cc1cccc(OC)c1OC)CC2. The van der Waals surface area contributed by atoms with E-state index in [1.165, 1.54) is 13.2 Å². The lowest BCUT2D eigenvalue weighted by molar-refractivity contribution is 0.0592. The number of pyridine rings is 1. The Morgan fingerprint density at radius 2 is 1.71 bits per heavy atom. The number of hydrogen-bond donors (Lipinski definition) is 0. The molecule has 1 aromatic heterocycles. The third-order valence-electron chi connectivity index (χ3n) is 6.19. The third kappa shape index (κ3) is 5.33. The summed E-state index contributed by atoms with van der Waals surface area (Å²) in [5.41, 5.74) is 2.68. The minimum Gasteiger partial charge on any atom is -0.493 e. The van der Waals surface area contributed by atoms with Crippen molar-refractivity contribution < 1.29 is 23.7 Å². The Morgan fingerprint density at radius 3 is 2.43 bits per heavy atom. The first kappa shape index (κ1) is 24.3. The highest BCUT2D eigenvalue weighted by Gasteiger charge is 2.26. The molecule has 0 fully saturated rings. The van der Waals surface area contributed by atoms with Gasteiger partial charge in [-0.05, 0) is 11.6 Å². The monoisotopic (exact) mass is 478 g/mol. The number of carbonyl (C=O) groups is 1. The van der Waals surface area contributed by atoms with Crippen molar-refractivity contribution in [2.75, 3.05) is 34.4 Å². The number of esters is 1. The lowest BCUT2D eigenvalue weighted by Gasteiger charge is -2.21. The zero-order valence-electron chi connectivity index (χ0n) is 20.3. The predicted octanol–water partition coefficient (Wildman–Crippen LogP) is 3.29. The molecule has 35 heavy (non-hydrogen) atoms.